The molecule has 1 aromatic carbocycles. The van der Waals surface area contributed by atoms with E-state index < -0.39 is 11.6 Å². The third-order valence-electron chi connectivity index (χ3n) is 8.04. The molecule has 3 rings (SSSR count). The Bertz CT molecular complexity index is 1220. The van der Waals surface area contributed by atoms with Crippen LogP contribution in [0, 0.1) is 23.7 Å². The minimum Gasteiger partial charge on any atom is -0.507 e. The van der Waals surface area contributed by atoms with Crippen molar-refractivity contribution >= 4 is 22.8 Å². The molecule has 0 unspecified atom stereocenters. The highest BCUT2D eigenvalue weighted by atomic mass is 16.3. The second-order valence-corrected chi connectivity index (χ2v) is 13.5. The van der Waals surface area contributed by atoms with Gasteiger partial charge in [0.05, 0.1) is 16.7 Å². The Balaban J connectivity index is 1.85. The van der Waals surface area contributed by atoms with Crippen LogP contribution in [0.5, 0.6) is 0 Å². The number of anilines is 1. The zero-order valence-electron chi connectivity index (χ0n) is 27.0. The summed E-state index contributed by atoms with van der Waals surface area (Å²) in [5.41, 5.74) is 2.30. The number of carbonyl (C=O) groups is 2. The molecule has 1 aromatic rings. The number of rotatable bonds is 15. The average molecular weight is 577 g/mol. The van der Waals surface area contributed by atoms with Crippen LogP contribution in [0.25, 0.3) is 5.57 Å². The minimum absolute atomic E-state index is 0.102. The Hall–Kier alpha value is -3.28. The average Bonchev–Trinajstić information content (AvgIpc) is 2.90. The number of allylic oxidation sites excluding steroid dienone is 5. The Morgan fingerprint density at radius 2 is 1.05 bits per heavy atom. The van der Waals surface area contributed by atoms with Crippen molar-refractivity contribution in [1.29, 1.82) is 0 Å². The normalized spacial score (nSPS) is 17.4. The first-order valence-electron chi connectivity index (χ1n) is 15.8. The molecule has 2 aliphatic rings. The van der Waals surface area contributed by atoms with Crippen LogP contribution >= 0.6 is 0 Å². The first-order chi connectivity index (χ1) is 19.8. The molecule has 0 radical (unpaired) electrons. The summed E-state index contributed by atoms with van der Waals surface area (Å²) in [6, 6.07) is 7.71. The van der Waals surface area contributed by atoms with Crippen molar-refractivity contribution in [3.05, 3.63) is 70.3 Å². The van der Waals surface area contributed by atoms with Gasteiger partial charge in [-0.1, -0.05) is 67.5 Å². The zero-order valence-corrected chi connectivity index (χ0v) is 27.0. The Kier molecular flexibility index (Phi) is 11.7. The van der Waals surface area contributed by atoms with E-state index in [4.69, 9.17) is 0 Å². The minimum atomic E-state index is -0.459. The van der Waals surface area contributed by atoms with Gasteiger partial charge in [-0.15, -0.1) is 0 Å². The predicted molar refractivity (Wildman–Crippen MR) is 173 cm³/mol. The number of benzene rings is 1. The van der Waals surface area contributed by atoms with E-state index in [0.29, 0.717) is 34.9 Å². The van der Waals surface area contributed by atoms with Crippen molar-refractivity contribution in [2.75, 3.05) is 31.1 Å². The molecule has 0 spiro atoms. The summed E-state index contributed by atoms with van der Waals surface area (Å²) >= 11 is 0. The molecule has 0 amide bonds. The molecule has 2 N–H and O–H groups in total. The summed E-state index contributed by atoms with van der Waals surface area (Å²) in [6.45, 7) is 21.0. The second-order valence-electron chi connectivity index (χ2n) is 13.5. The maximum atomic E-state index is 13.3. The second kappa shape index (κ2) is 14.8. The first-order valence-corrected chi connectivity index (χ1v) is 15.8. The van der Waals surface area contributed by atoms with Gasteiger partial charge in [-0.25, -0.2) is 0 Å². The number of Topliss-reactive ketones (excluding diaryl/α,β-unsaturated/α-hetero) is 1. The summed E-state index contributed by atoms with van der Waals surface area (Å²) in [5, 5.41) is 21.9. The third kappa shape index (κ3) is 8.39. The van der Waals surface area contributed by atoms with Gasteiger partial charge < -0.3 is 20.0 Å². The van der Waals surface area contributed by atoms with E-state index in [1.807, 2.05) is 24.3 Å². The maximum absolute atomic E-state index is 13.3. The van der Waals surface area contributed by atoms with Crippen molar-refractivity contribution in [3.63, 3.8) is 0 Å². The fourth-order valence-corrected chi connectivity index (χ4v) is 5.16. The Labute approximate surface area is 253 Å². The van der Waals surface area contributed by atoms with E-state index in [0.717, 1.165) is 57.5 Å². The van der Waals surface area contributed by atoms with Crippen LogP contribution < -0.4 is 4.90 Å². The topological polar surface area (TPSA) is 81.1 Å². The Morgan fingerprint density at radius 1 is 0.595 bits per heavy atom. The highest BCUT2D eigenvalue weighted by molar-refractivity contribution is 6.41. The summed E-state index contributed by atoms with van der Waals surface area (Å²) in [4.78, 5) is 31.1. The predicted octanol–water partition coefficient (Wildman–Crippen LogP) is 8.04. The maximum Gasteiger partial charge on any atom is 0.202 e. The van der Waals surface area contributed by atoms with Crippen molar-refractivity contribution in [1.82, 2.24) is 4.90 Å². The fourth-order valence-electron chi connectivity index (χ4n) is 5.16. The smallest absolute Gasteiger partial charge is 0.202 e. The summed E-state index contributed by atoms with van der Waals surface area (Å²) in [5.74, 6) is 0.836. The van der Waals surface area contributed by atoms with E-state index in [2.05, 4.69) is 65.2 Å². The third-order valence-corrected chi connectivity index (χ3v) is 8.04. The molecule has 6 nitrogen and oxygen atoms in total. The van der Waals surface area contributed by atoms with Gasteiger partial charge in [-0.05, 0) is 67.1 Å². The van der Waals surface area contributed by atoms with Gasteiger partial charge in [-0.3, -0.25) is 9.59 Å². The molecule has 0 saturated carbocycles. The van der Waals surface area contributed by atoms with E-state index in [1.54, 1.807) is 6.08 Å². The van der Waals surface area contributed by atoms with Gasteiger partial charge in [-0.2, -0.15) is 0 Å². The SMILES string of the molecule is CC(C)CCN(CCC(C)C)C1=CC(=O)/C(=C2/C(=O)C(c3ccc(N(CCC(C)C)CCC(C)C)cc3)=C2O)C(O)=C1. The van der Waals surface area contributed by atoms with Crippen LogP contribution in [0.2, 0.25) is 0 Å². The van der Waals surface area contributed by atoms with E-state index in [9.17, 15) is 19.8 Å². The number of aliphatic hydroxyl groups is 2. The molecule has 0 atom stereocenters. The lowest BCUT2D eigenvalue weighted by atomic mass is 9.78. The quantitative estimate of drug-likeness (QED) is 0.206. The first kappa shape index (κ1) is 33.2. The van der Waals surface area contributed by atoms with Gasteiger partial charge in [0.2, 0.25) is 5.78 Å². The van der Waals surface area contributed by atoms with Crippen molar-refractivity contribution < 1.29 is 19.8 Å². The molecular formula is C36H52N2O4. The van der Waals surface area contributed by atoms with Crippen molar-refractivity contribution in [3.8, 4) is 0 Å². The molecule has 0 aliphatic heterocycles. The Morgan fingerprint density at radius 3 is 1.45 bits per heavy atom. The van der Waals surface area contributed by atoms with Crippen LogP contribution in [0.1, 0.15) is 86.6 Å². The van der Waals surface area contributed by atoms with Crippen LogP contribution in [0.3, 0.4) is 0 Å². The zero-order chi connectivity index (χ0) is 31.1. The van der Waals surface area contributed by atoms with Crippen LogP contribution in [-0.2, 0) is 9.59 Å². The fraction of sp³-hybridized carbons (Fsp3) is 0.556. The summed E-state index contributed by atoms with van der Waals surface area (Å²) < 4.78 is 0. The molecule has 0 saturated heterocycles. The number of hydrogen-bond acceptors (Lipinski definition) is 6. The van der Waals surface area contributed by atoms with Gasteiger partial charge in [0.1, 0.15) is 11.5 Å². The molecule has 2 aliphatic carbocycles. The standard InChI is InChI=1S/C36H52N2O4/c1-23(2)13-17-37(18-14-24(3)4)28-11-9-27(10-12-28)32-35(41)34(36(32)42)33-30(39)21-29(22-31(33)40)38(19-15-25(5)6)20-16-26(7)8/h9-12,21-26,39,41H,13-20H2,1-8H3/b34-33+. The molecule has 42 heavy (non-hydrogen) atoms. The molecule has 0 bridgehead atoms. The molecule has 230 valence electrons. The number of nitrogens with zero attached hydrogens (tertiary/aromatic N) is 2. The van der Waals surface area contributed by atoms with Gasteiger partial charge in [0.25, 0.3) is 0 Å². The summed E-state index contributed by atoms with van der Waals surface area (Å²) in [6.07, 6.45) is 7.15. The molecule has 0 fully saturated rings. The molecular weight excluding hydrogens is 524 g/mol. The van der Waals surface area contributed by atoms with Crippen molar-refractivity contribution in [2.45, 2.75) is 81.1 Å². The molecule has 0 heterocycles. The number of hydrogen-bond donors (Lipinski definition) is 2. The van der Waals surface area contributed by atoms with Gasteiger partial charge in [0, 0.05) is 49.7 Å². The van der Waals surface area contributed by atoms with E-state index in [1.165, 1.54) is 6.08 Å². The lowest BCUT2D eigenvalue weighted by Gasteiger charge is -2.30. The number of carbonyl (C=O) groups excluding carboxylic acids is 2. The van der Waals surface area contributed by atoms with E-state index >= 15 is 0 Å². The molecule has 6 heteroatoms. The summed E-state index contributed by atoms with van der Waals surface area (Å²) in [7, 11) is 0. The molecule has 0 aromatic heterocycles. The van der Waals surface area contributed by atoms with Gasteiger partial charge >= 0.3 is 0 Å². The highest BCUT2D eigenvalue weighted by Gasteiger charge is 2.40. The van der Waals surface area contributed by atoms with Gasteiger partial charge in [0.15, 0.2) is 5.78 Å². The lowest BCUT2D eigenvalue weighted by Crippen LogP contribution is -2.31. The van der Waals surface area contributed by atoms with E-state index in [-0.39, 0.29) is 28.2 Å². The number of aliphatic hydroxyl groups excluding tert-OH is 2. The van der Waals surface area contributed by atoms with Crippen LogP contribution in [-0.4, -0.2) is 52.9 Å². The lowest BCUT2D eigenvalue weighted by molar-refractivity contribution is -0.114. The van der Waals surface area contributed by atoms with Crippen LogP contribution in [0.15, 0.2) is 64.8 Å². The largest absolute Gasteiger partial charge is 0.507 e. The van der Waals surface area contributed by atoms with Crippen molar-refractivity contribution in [2.24, 2.45) is 23.7 Å². The number of ketones is 2. The monoisotopic (exact) mass is 576 g/mol. The highest BCUT2D eigenvalue weighted by Crippen LogP contribution is 2.41. The van der Waals surface area contributed by atoms with Crippen LogP contribution in [0.4, 0.5) is 5.69 Å².